The molecule has 1 aromatic rings. The maximum Gasteiger partial charge on any atom is 0.209 e. The van der Waals surface area contributed by atoms with Gasteiger partial charge in [-0.1, -0.05) is 11.6 Å². The standard InChI is InChI=1S/C7H11ClN4O2S/c8-6-7(12-4-3-10-6)11-2-1-5-15(9,13)14/h3-4H,1-2,5H2,(H,11,12)(H2,9,13,14). The molecule has 0 amide bonds. The molecule has 0 saturated heterocycles. The zero-order valence-corrected chi connectivity index (χ0v) is 9.42. The van der Waals surface area contributed by atoms with E-state index in [4.69, 9.17) is 16.7 Å². The van der Waals surface area contributed by atoms with Gasteiger partial charge in [0.2, 0.25) is 10.0 Å². The number of rotatable bonds is 5. The van der Waals surface area contributed by atoms with E-state index < -0.39 is 10.0 Å². The highest BCUT2D eigenvalue weighted by molar-refractivity contribution is 7.89. The van der Waals surface area contributed by atoms with E-state index in [2.05, 4.69) is 15.3 Å². The summed E-state index contributed by atoms with van der Waals surface area (Å²) < 4.78 is 21.2. The quantitative estimate of drug-likeness (QED) is 0.729. The van der Waals surface area contributed by atoms with Crippen molar-refractivity contribution >= 4 is 27.4 Å². The topological polar surface area (TPSA) is 98.0 Å². The molecule has 0 aromatic carbocycles. The predicted molar refractivity (Wildman–Crippen MR) is 58.1 cm³/mol. The average Bonchev–Trinajstić information content (AvgIpc) is 2.13. The van der Waals surface area contributed by atoms with Crippen LogP contribution in [0.2, 0.25) is 5.15 Å². The van der Waals surface area contributed by atoms with Crippen molar-refractivity contribution in [2.45, 2.75) is 6.42 Å². The van der Waals surface area contributed by atoms with E-state index in [0.29, 0.717) is 18.8 Å². The first kappa shape index (κ1) is 12.2. The Labute approximate surface area is 92.9 Å². The number of nitrogens with zero attached hydrogens (tertiary/aromatic N) is 2. The summed E-state index contributed by atoms with van der Waals surface area (Å²) in [5.41, 5.74) is 0. The van der Waals surface area contributed by atoms with E-state index in [1.165, 1.54) is 12.4 Å². The number of nitrogens with one attached hydrogen (secondary N) is 1. The van der Waals surface area contributed by atoms with Crippen LogP contribution in [0.5, 0.6) is 0 Å². The fraction of sp³-hybridized carbons (Fsp3) is 0.429. The van der Waals surface area contributed by atoms with E-state index in [1.807, 2.05) is 0 Å². The van der Waals surface area contributed by atoms with E-state index >= 15 is 0 Å². The van der Waals surface area contributed by atoms with E-state index in [9.17, 15) is 8.42 Å². The molecule has 0 bridgehead atoms. The van der Waals surface area contributed by atoms with Gasteiger partial charge in [0.05, 0.1) is 5.75 Å². The molecule has 0 spiro atoms. The smallest absolute Gasteiger partial charge is 0.209 e. The van der Waals surface area contributed by atoms with Gasteiger partial charge in [-0.25, -0.2) is 23.5 Å². The lowest BCUT2D eigenvalue weighted by atomic mass is 10.5. The minimum atomic E-state index is -3.40. The molecule has 1 aromatic heterocycles. The van der Waals surface area contributed by atoms with Crippen molar-refractivity contribution in [2.75, 3.05) is 17.6 Å². The Bertz CT molecular complexity index is 423. The van der Waals surface area contributed by atoms with E-state index in [-0.39, 0.29) is 10.9 Å². The summed E-state index contributed by atoms with van der Waals surface area (Å²) in [4.78, 5) is 7.73. The number of anilines is 1. The Morgan fingerprint density at radius 3 is 2.67 bits per heavy atom. The second kappa shape index (κ2) is 5.24. The first-order chi connectivity index (χ1) is 6.99. The van der Waals surface area contributed by atoms with E-state index in [1.54, 1.807) is 0 Å². The molecule has 0 saturated carbocycles. The highest BCUT2D eigenvalue weighted by Gasteiger charge is 2.03. The number of primary sulfonamides is 1. The fourth-order valence-corrected chi connectivity index (χ4v) is 1.64. The molecule has 1 rings (SSSR count). The van der Waals surface area contributed by atoms with Gasteiger partial charge in [-0.15, -0.1) is 0 Å². The van der Waals surface area contributed by atoms with Crippen LogP contribution in [-0.2, 0) is 10.0 Å². The molecule has 8 heteroatoms. The number of hydrogen-bond donors (Lipinski definition) is 2. The zero-order chi connectivity index (χ0) is 11.3. The third-order valence-electron chi connectivity index (χ3n) is 1.55. The highest BCUT2D eigenvalue weighted by Crippen LogP contribution is 2.13. The summed E-state index contributed by atoms with van der Waals surface area (Å²) in [6, 6.07) is 0. The van der Waals surface area contributed by atoms with Crippen molar-refractivity contribution in [1.82, 2.24) is 9.97 Å². The maximum atomic E-state index is 10.6. The Morgan fingerprint density at radius 1 is 1.40 bits per heavy atom. The summed E-state index contributed by atoms with van der Waals surface area (Å²) in [7, 11) is -3.40. The molecule has 0 fully saturated rings. The van der Waals surface area contributed by atoms with Crippen LogP contribution in [0.15, 0.2) is 12.4 Å². The monoisotopic (exact) mass is 250 g/mol. The predicted octanol–water partition coefficient (Wildman–Crippen LogP) is 0.221. The number of aromatic nitrogens is 2. The van der Waals surface area contributed by atoms with Gasteiger partial charge >= 0.3 is 0 Å². The number of nitrogens with two attached hydrogens (primary N) is 1. The largest absolute Gasteiger partial charge is 0.367 e. The summed E-state index contributed by atoms with van der Waals surface area (Å²) >= 11 is 5.71. The lowest BCUT2D eigenvalue weighted by Gasteiger charge is -2.05. The van der Waals surface area contributed by atoms with Gasteiger partial charge in [0, 0.05) is 18.9 Å². The van der Waals surface area contributed by atoms with Crippen LogP contribution in [0.1, 0.15) is 6.42 Å². The molecular weight excluding hydrogens is 240 g/mol. The minimum absolute atomic E-state index is 0.0715. The number of hydrogen-bond acceptors (Lipinski definition) is 5. The zero-order valence-electron chi connectivity index (χ0n) is 7.85. The Kier molecular flexibility index (Phi) is 4.25. The lowest BCUT2D eigenvalue weighted by Crippen LogP contribution is -2.19. The number of sulfonamides is 1. The molecule has 0 radical (unpaired) electrons. The van der Waals surface area contributed by atoms with Crippen molar-refractivity contribution < 1.29 is 8.42 Å². The fourth-order valence-electron chi connectivity index (χ4n) is 0.920. The van der Waals surface area contributed by atoms with Crippen molar-refractivity contribution in [3.05, 3.63) is 17.5 Å². The summed E-state index contributed by atoms with van der Waals surface area (Å²) in [6.45, 7) is 0.425. The molecule has 15 heavy (non-hydrogen) atoms. The summed E-state index contributed by atoms with van der Waals surface area (Å²) in [5, 5.41) is 7.95. The third-order valence-corrected chi connectivity index (χ3v) is 2.69. The Morgan fingerprint density at radius 2 is 2.07 bits per heavy atom. The van der Waals surface area contributed by atoms with Gasteiger partial charge in [-0.05, 0) is 6.42 Å². The van der Waals surface area contributed by atoms with Crippen molar-refractivity contribution in [1.29, 1.82) is 0 Å². The van der Waals surface area contributed by atoms with Crippen molar-refractivity contribution in [3.63, 3.8) is 0 Å². The molecule has 0 aliphatic rings. The second-order valence-electron chi connectivity index (χ2n) is 2.84. The van der Waals surface area contributed by atoms with Gasteiger partial charge < -0.3 is 5.32 Å². The van der Waals surface area contributed by atoms with Crippen LogP contribution in [0, 0.1) is 0 Å². The molecular formula is C7H11ClN4O2S. The summed E-state index contributed by atoms with van der Waals surface area (Å²) in [6.07, 6.45) is 3.36. The minimum Gasteiger partial charge on any atom is -0.367 e. The Balaban J connectivity index is 2.36. The first-order valence-electron chi connectivity index (χ1n) is 4.20. The van der Waals surface area contributed by atoms with Gasteiger partial charge in [0.25, 0.3) is 0 Å². The molecule has 0 aliphatic heterocycles. The molecule has 84 valence electrons. The van der Waals surface area contributed by atoms with Gasteiger partial charge in [0.1, 0.15) is 0 Å². The molecule has 6 nitrogen and oxygen atoms in total. The SMILES string of the molecule is NS(=O)(=O)CCCNc1nccnc1Cl. The van der Waals surface area contributed by atoms with Crippen LogP contribution >= 0.6 is 11.6 Å². The average molecular weight is 251 g/mol. The normalized spacial score (nSPS) is 11.3. The highest BCUT2D eigenvalue weighted by atomic mass is 35.5. The van der Waals surface area contributed by atoms with Crippen LogP contribution < -0.4 is 10.5 Å². The van der Waals surface area contributed by atoms with E-state index in [0.717, 1.165) is 0 Å². The van der Waals surface area contributed by atoms with Crippen LogP contribution in [-0.4, -0.2) is 30.7 Å². The molecule has 1 heterocycles. The van der Waals surface area contributed by atoms with Gasteiger partial charge in [-0.2, -0.15) is 0 Å². The summed E-state index contributed by atoms with van der Waals surface area (Å²) in [5.74, 6) is 0.367. The lowest BCUT2D eigenvalue weighted by molar-refractivity contribution is 0.595. The molecule has 0 unspecified atom stereocenters. The van der Waals surface area contributed by atoms with Crippen LogP contribution in [0.25, 0.3) is 0 Å². The molecule has 0 aliphatic carbocycles. The Hall–Kier alpha value is -0.920. The third kappa shape index (κ3) is 4.91. The molecule has 3 N–H and O–H groups in total. The maximum absolute atomic E-state index is 10.6. The first-order valence-corrected chi connectivity index (χ1v) is 6.29. The van der Waals surface area contributed by atoms with Crippen molar-refractivity contribution in [2.24, 2.45) is 5.14 Å². The van der Waals surface area contributed by atoms with Crippen LogP contribution in [0.3, 0.4) is 0 Å². The van der Waals surface area contributed by atoms with Crippen molar-refractivity contribution in [3.8, 4) is 0 Å². The second-order valence-corrected chi connectivity index (χ2v) is 4.94. The van der Waals surface area contributed by atoms with Gasteiger partial charge in [-0.3, -0.25) is 0 Å². The molecule has 0 atom stereocenters. The number of halogens is 1. The van der Waals surface area contributed by atoms with Gasteiger partial charge in [0.15, 0.2) is 11.0 Å². The van der Waals surface area contributed by atoms with Crippen LogP contribution in [0.4, 0.5) is 5.82 Å².